The number of nitrogens with one attached hydrogen (secondary N) is 2. The largest absolute Gasteiger partial charge is 0.455 e. The second-order valence-electron chi connectivity index (χ2n) is 10.4. The van der Waals surface area contributed by atoms with Crippen molar-refractivity contribution in [3.63, 3.8) is 0 Å². The first-order valence-electron chi connectivity index (χ1n) is 13.5. The van der Waals surface area contributed by atoms with E-state index in [4.69, 9.17) is 9.40 Å². The lowest BCUT2D eigenvalue weighted by Crippen LogP contribution is -2.36. The van der Waals surface area contributed by atoms with Gasteiger partial charge in [0.15, 0.2) is 0 Å². The minimum absolute atomic E-state index is 0.0432. The van der Waals surface area contributed by atoms with Crippen LogP contribution in [0.25, 0.3) is 38.9 Å². The molecule has 212 valence electrons. The molecular formula is C32H23FN6O4. The molecule has 0 saturated heterocycles. The van der Waals surface area contributed by atoms with Gasteiger partial charge in [0.05, 0.1) is 28.5 Å². The molecule has 2 amide bonds. The Morgan fingerprint density at radius 3 is 2.58 bits per heavy atom. The SMILES string of the molecule is CNC(=O)c1c(-c2ccc(F)cc2)oc2ccc(-n3cc(C(=O)NC4(c5ccc6cnccc6n5)CC4)ncc3=O)cc12. The number of furan rings is 1. The summed E-state index contributed by atoms with van der Waals surface area (Å²) in [7, 11) is 1.50. The van der Waals surface area contributed by atoms with Crippen molar-refractivity contribution >= 4 is 33.7 Å². The second-order valence-corrected chi connectivity index (χ2v) is 10.4. The van der Waals surface area contributed by atoms with Gasteiger partial charge < -0.3 is 15.1 Å². The van der Waals surface area contributed by atoms with E-state index in [0.717, 1.165) is 35.6 Å². The van der Waals surface area contributed by atoms with Crippen LogP contribution in [0.5, 0.6) is 0 Å². The van der Waals surface area contributed by atoms with Gasteiger partial charge in [0.1, 0.15) is 22.9 Å². The van der Waals surface area contributed by atoms with Crippen LogP contribution in [0, 0.1) is 5.82 Å². The maximum atomic E-state index is 13.6. The van der Waals surface area contributed by atoms with Gasteiger partial charge in [-0.25, -0.2) is 9.37 Å². The Labute approximate surface area is 243 Å². The van der Waals surface area contributed by atoms with Crippen molar-refractivity contribution in [1.82, 2.24) is 30.2 Å². The Bertz CT molecular complexity index is 2130. The van der Waals surface area contributed by atoms with Crippen molar-refractivity contribution in [2.45, 2.75) is 18.4 Å². The number of carbonyl (C=O) groups is 2. The summed E-state index contributed by atoms with van der Waals surface area (Å²) in [5.74, 6) is -1.01. The Morgan fingerprint density at radius 2 is 1.81 bits per heavy atom. The molecule has 0 unspecified atom stereocenters. The van der Waals surface area contributed by atoms with Crippen LogP contribution in [0.15, 0.2) is 94.7 Å². The van der Waals surface area contributed by atoms with E-state index in [-0.39, 0.29) is 17.0 Å². The van der Waals surface area contributed by atoms with E-state index in [2.05, 4.69) is 20.6 Å². The number of hydrogen-bond donors (Lipinski definition) is 2. The standard InChI is InChI=1S/C32H23FN6O4/c1-34-31(42)28-22-14-21(7-8-25(22)43-29(28)18-2-5-20(33)6-3-18)39-17-24(36-16-27(39)40)30(41)38-32(11-12-32)26-9-4-19-15-35-13-10-23(19)37-26/h2-10,13-17H,11-12H2,1H3,(H,34,42)(H,38,41). The zero-order chi connectivity index (χ0) is 29.7. The molecule has 4 heterocycles. The zero-order valence-corrected chi connectivity index (χ0v) is 22.8. The minimum Gasteiger partial charge on any atom is -0.455 e. The topological polar surface area (TPSA) is 132 Å². The Kier molecular flexibility index (Phi) is 6.08. The van der Waals surface area contributed by atoms with Crippen LogP contribution in [0.4, 0.5) is 4.39 Å². The molecule has 1 aliphatic carbocycles. The molecule has 0 bridgehead atoms. The zero-order valence-electron chi connectivity index (χ0n) is 22.8. The van der Waals surface area contributed by atoms with Crippen molar-refractivity contribution in [1.29, 1.82) is 0 Å². The highest BCUT2D eigenvalue weighted by Gasteiger charge is 2.47. The van der Waals surface area contributed by atoms with Crippen molar-refractivity contribution < 1.29 is 18.4 Å². The average molecular weight is 575 g/mol. The van der Waals surface area contributed by atoms with Crippen molar-refractivity contribution in [3.8, 4) is 17.0 Å². The van der Waals surface area contributed by atoms with Crippen LogP contribution in [-0.4, -0.2) is 38.4 Å². The molecule has 1 aliphatic rings. The molecule has 10 nitrogen and oxygen atoms in total. The van der Waals surface area contributed by atoms with Crippen molar-refractivity contribution in [2.24, 2.45) is 0 Å². The first-order chi connectivity index (χ1) is 20.8. The summed E-state index contributed by atoms with van der Waals surface area (Å²) in [6.45, 7) is 0. The number of amides is 2. The molecule has 1 saturated carbocycles. The number of rotatable bonds is 6. The summed E-state index contributed by atoms with van der Waals surface area (Å²) in [4.78, 5) is 52.2. The molecule has 2 N–H and O–H groups in total. The molecule has 0 spiro atoms. The van der Waals surface area contributed by atoms with Crippen LogP contribution in [0.3, 0.4) is 0 Å². The molecule has 0 atom stereocenters. The van der Waals surface area contributed by atoms with Gasteiger partial charge in [-0.1, -0.05) is 0 Å². The summed E-state index contributed by atoms with van der Waals surface area (Å²) >= 11 is 0. The first kappa shape index (κ1) is 26.2. The fourth-order valence-electron chi connectivity index (χ4n) is 5.20. The second kappa shape index (κ2) is 9.98. The molecule has 11 heteroatoms. The Hall–Kier alpha value is -5.71. The fourth-order valence-corrected chi connectivity index (χ4v) is 5.20. The average Bonchev–Trinajstić information content (AvgIpc) is 3.72. The molecule has 43 heavy (non-hydrogen) atoms. The normalized spacial score (nSPS) is 13.6. The van der Waals surface area contributed by atoms with E-state index in [9.17, 15) is 18.8 Å². The highest BCUT2D eigenvalue weighted by Crippen LogP contribution is 2.45. The van der Waals surface area contributed by atoms with Gasteiger partial charge in [0, 0.05) is 47.7 Å². The number of carbonyl (C=O) groups excluding carboxylic acids is 2. The van der Waals surface area contributed by atoms with Gasteiger partial charge in [0.2, 0.25) is 0 Å². The predicted molar refractivity (Wildman–Crippen MR) is 156 cm³/mol. The number of hydrogen-bond acceptors (Lipinski definition) is 7. The van der Waals surface area contributed by atoms with Gasteiger partial charge in [-0.15, -0.1) is 0 Å². The smallest absolute Gasteiger partial charge is 0.273 e. The third-order valence-electron chi connectivity index (χ3n) is 7.63. The lowest BCUT2D eigenvalue weighted by Gasteiger charge is -2.17. The number of benzene rings is 2. The number of halogens is 1. The third-order valence-corrected chi connectivity index (χ3v) is 7.63. The molecule has 0 radical (unpaired) electrons. The summed E-state index contributed by atoms with van der Waals surface area (Å²) in [5, 5.41) is 7.02. The number of pyridine rings is 2. The summed E-state index contributed by atoms with van der Waals surface area (Å²) in [5.41, 5.74) is 2.04. The van der Waals surface area contributed by atoms with E-state index < -0.39 is 28.7 Å². The van der Waals surface area contributed by atoms with Crippen LogP contribution in [0.1, 0.15) is 39.4 Å². The lowest BCUT2D eigenvalue weighted by atomic mass is 10.0. The van der Waals surface area contributed by atoms with E-state index in [1.165, 1.54) is 42.1 Å². The number of aromatic nitrogens is 4. The Balaban J connectivity index is 1.24. The van der Waals surface area contributed by atoms with Gasteiger partial charge >= 0.3 is 0 Å². The fraction of sp³-hybridized carbons (Fsp3) is 0.125. The number of nitrogens with zero attached hydrogens (tertiary/aromatic N) is 4. The number of fused-ring (bicyclic) bond motifs is 2. The summed E-state index contributed by atoms with van der Waals surface area (Å²) < 4.78 is 20.9. The quantitative estimate of drug-likeness (QED) is 0.299. The first-order valence-corrected chi connectivity index (χ1v) is 13.5. The maximum absolute atomic E-state index is 13.6. The van der Waals surface area contributed by atoms with Crippen molar-refractivity contribution in [3.05, 3.63) is 119 Å². The molecule has 2 aromatic carbocycles. The molecule has 4 aromatic heterocycles. The van der Waals surface area contributed by atoms with Crippen LogP contribution < -0.4 is 16.2 Å². The minimum atomic E-state index is -0.619. The van der Waals surface area contributed by atoms with Crippen LogP contribution in [-0.2, 0) is 5.54 Å². The monoisotopic (exact) mass is 574 g/mol. The molecule has 0 aliphatic heterocycles. The molecule has 7 rings (SSSR count). The van der Waals surface area contributed by atoms with Gasteiger partial charge in [-0.2, -0.15) is 0 Å². The van der Waals surface area contributed by atoms with Gasteiger partial charge in [-0.3, -0.25) is 28.9 Å². The van der Waals surface area contributed by atoms with Crippen LogP contribution in [0.2, 0.25) is 0 Å². The molecule has 1 fully saturated rings. The highest BCUT2D eigenvalue weighted by molar-refractivity contribution is 6.11. The molecular weight excluding hydrogens is 551 g/mol. The van der Waals surface area contributed by atoms with E-state index in [0.29, 0.717) is 22.2 Å². The predicted octanol–water partition coefficient (Wildman–Crippen LogP) is 4.51. The van der Waals surface area contributed by atoms with Crippen LogP contribution >= 0.6 is 0 Å². The van der Waals surface area contributed by atoms with Gasteiger partial charge in [0.25, 0.3) is 17.4 Å². The van der Waals surface area contributed by atoms with Gasteiger partial charge in [-0.05, 0) is 73.5 Å². The third kappa shape index (κ3) is 4.60. The summed E-state index contributed by atoms with van der Waals surface area (Å²) in [6.07, 6.45) is 7.30. The molecule has 6 aromatic rings. The summed E-state index contributed by atoms with van der Waals surface area (Å²) in [6, 6.07) is 16.2. The van der Waals surface area contributed by atoms with E-state index in [1.54, 1.807) is 30.6 Å². The van der Waals surface area contributed by atoms with Crippen molar-refractivity contribution in [2.75, 3.05) is 7.05 Å². The Morgan fingerprint density at radius 1 is 1.00 bits per heavy atom. The maximum Gasteiger partial charge on any atom is 0.273 e. The highest BCUT2D eigenvalue weighted by atomic mass is 19.1. The van der Waals surface area contributed by atoms with E-state index >= 15 is 0 Å². The van der Waals surface area contributed by atoms with E-state index in [1.807, 2.05) is 18.2 Å². The lowest BCUT2D eigenvalue weighted by molar-refractivity contribution is 0.0922.